The molecule has 2 aliphatic rings. The average molecular weight is 347 g/mol. The van der Waals surface area contributed by atoms with Gasteiger partial charge in [0.05, 0.1) is 12.0 Å². The van der Waals surface area contributed by atoms with Gasteiger partial charge in [-0.2, -0.15) is 4.98 Å². The molecule has 8 heteroatoms. The van der Waals surface area contributed by atoms with E-state index in [0.29, 0.717) is 11.7 Å². The van der Waals surface area contributed by atoms with E-state index in [1.165, 1.54) is 0 Å². The minimum atomic E-state index is -0.0369. The van der Waals surface area contributed by atoms with Crippen molar-refractivity contribution < 1.29 is 9.32 Å². The van der Waals surface area contributed by atoms with Crippen molar-refractivity contribution in [1.29, 1.82) is 0 Å². The van der Waals surface area contributed by atoms with Crippen molar-refractivity contribution in [2.45, 2.75) is 38.6 Å². The van der Waals surface area contributed by atoms with E-state index in [-0.39, 0.29) is 17.9 Å². The summed E-state index contributed by atoms with van der Waals surface area (Å²) in [6.45, 7) is 4.29. The lowest BCUT2D eigenvalue weighted by atomic mass is 9.96. The summed E-state index contributed by atoms with van der Waals surface area (Å²) in [5, 5.41) is 7.03. The number of rotatable bonds is 3. The van der Waals surface area contributed by atoms with Gasteiger partial charge in [0.2, 0.25) is 11.8 Å². The fourth-order valence-electron chi connectivity index (χ4n) is 3.71. The Balaban J connectivity index is 1.48. The van der Waals surface area contributed by atoms with Crippen molar-refractivity contribution in [3.63, 3.8) is 0 Å². The Kier molecular flexibility index (Phi) is 4.22. The van der Waals surface area contributed by atoms with Gasteiger partial charge in [-0.1, -0.05) is 5.16 Å². The van der Waals surface area contributed by atoms with Crippen molar-refractivity contribution in [1.82, 2.24) is 20.0 Å². The zero-order valence-electron chi connectivity index (χ0n) is 13.7. The van der Waals surface area contributed by atoms with Gasteiger partial charge in [-0.25, -0.2) is 4.98 Å². The molecule has 0 unspecified atom stereocenters. The summed E-state index contributed by atoms with van der Waals surface area (Å²) in [4.78, 5) is 26.0. The summed E-state index contributed by atoms with van der Waals surface area (Å²) in [5.41, 5.74) is 0. The third-order valence-electron chi connectivity index (χ3n) is 4.84. The lowest BCUT2D eigenvalue weighted by Gasteiger charge is -2.35. The lowest BCUT2D eigenvalue weighted by Crippen LogP contribution is -2.44. The van der Waals surface area contributed by atoms with E-state index in [1.54, 1.807) is 18.3 Å². The second kappa shape index (κ2) is 6.51. The van der Waals surface area contributed by atoms with Crippen LogP contribution in [0.15, 0.2) is 16.1 Å². The van der Waals surface area contributed by atoms with Crippen LogP contribution in [0, 0.1) is 12.8 Å². The van der Waals surface area contributed by atoms with Crippen molar-refractivity contribution >= 4 is 22.4 Å². The van der Waals surface area contributed by atoms with Gasteiger partial charge in [-0.05, 0) is 25.7 Å². The van der Waals surface area contributed by atoms with Gasteiger partial charge in [-0.15, -0.1) is 11.3 Å². The number of anilines is 1. The van der Waals surface area contributed by atoms with Gasteiger partial charge >= 0.3 is 0 Å². The molecule has 2 atom stereocenters. The minimum absolute atomic E-state index is 0.0243. The first kappa shape index (κ1) is 15.6. The highest BCUT2D eigenvalue weighted by molar-refractivity contribution is 7.13. The first-order valence-electron chi connectivity index (χ1n) is 8.47. The second-order valence-electron chi connectivity index (χ2n) is 6.46. The number of amides is 1. The zero-order valence-corrected chi connectivity index (χ0v) is 14.5. The van der Waals surface area contributed by atoms with E-state index >= 15 is 0 Å². The molecule has 0 N–H and O–H groups in total. The standard InChI is InChI=1S/C16H21N5O2S/c1-11-18-14(19-23-11)13-5-3-8-21(13)15(22)12-4-2-7-20(10-12)16-17-6-9-24-16/h6,9,12-13H,2-5,7-8,10H2,1H3/t12-,13-/m1/s1. The summed E-state index contributed by atoms with van der Waals surface area (Å²) >= 11 is 1.63. The van der Waals surface area contributed by atoms with E-state index in [0.717, 1.165) is 50.4 Å². The predicted molar refractivity (Wildman–Crippen MR) is 89.8 cm³/mol. The molecule has 2 aromatic rings. The number of carbonyl (C=O) groups excluding carboxylic acids is 1. The molecule has 0 saturated carbocycles. The van der Waals surface area contributed by atoms with Crippen LogP contribution in [0.3, 0.4) is 0 Å². The SMILES string of the molecule is Cc1nc([C@H]2CCCN2C(=O)[C@@H]2CCCN(c3nccs3)C2)no1. The van der Waals surface area contributed by atoms with Gasteiger partial charge in [0, 0.05) is 38.1 Å². The molecular formula is C16H21N5O2S. The molecule has 24 heavy (non-hydrogen) atoms. The first-order valence-corrected chi connectivity index (χ1v) is 9.35. The Bertz CT molecular complexity index is 701. The Hall–Kier alpha value is -1.96. The maximum absolute atomic E-state index is 13.1. The molecule has 0 spiro atoms. The number of aryl methyl sites for hydroxylation is 1. The molecule has 2 aliphatic heterocycles. The fourth-order valence-corrected chi connectivity index (χ4v) is 4.39. The third kappa shape index (κ3) is 2.90. The number of nitrogens with zero attached hydrogens (tertiary/aromatic N) is 5. The Morgan fingerprint density at radius 3 is 2.96 bits per heavy atom. The normalized spacial score (nSPS) is 24.5. The summed E-state index contributed by atoms with van der Waals surface area (Å²) < 4.78 is 5.10. The van der Waals surface area contributed by atoms with Crippen LogP contribution in [0.5, 0.6) is 0 Å². The van der Waals surface area contributed by atoms with Gasteiger partial charge in [0.25, 0.3) is 0 Å². The van der Waals surface area contributed by atoms with Crippen LogP contribution in [0.1, 0.15) is 43.4 Å². The molecule has 0 radical (unpaired) electrons. The van der Waals surface area contributed by atoms with Crippen molar-refractivity contribution in [3.05, 3.63) is 23.3 Å². The maximum Gasteiger partial charge on any atom is 0.228 e. The van der Waals surface area contributed by atoms with E-state index in [1.807, 2.05) is 16.5 Å². The average Bonchev–Trinajstić information content (AvgIpc) is 3.35. The van der Waals surface area contributed by atoms with Crippen LogP contribution < -0.4 is 4.90 Å². The monoisotopic (exact) mass is 347 g/mol. The lowest BCUT2D eigenvalue weighted by molar-refractivity contribution is -0.137. The van der Waals surface area contributed by atoms with Crippen molar-refractivity contribution in [2.24, 2.45) is 5.92 Å². The fraction of sp³-hybridized carbons (Fsp3) is 0.625. The highest BCUT2D eigenvalue weighted by atomic mass is 32.1. The number of hydrogen-bond donors (Lipinski definition) is 0. The molecule has 1 amide bonds. The Morgan fingerprint density at radius 1 is 1.33 bits per heavy atom. The van der Waals surface area contributed by atoms with Crippen LogP contribution in [-0.4, -0.2) is 45.6 Å². The maximum atomic E-state index is 13.1. The third-order valence-corrected chi connectivity index (χ3v) is 5.67. The molecule has 128 valence electrons. The van der Waals surface area contributed by atoms with Gasteiger partial charge in [0.15, 0.2) is 11.0 Å². The van der Waals surface area contributed by atoms with Crippen LogP contribution in [-0.2, 0) is 4.79 Å². The molecule has 0 aliphatic carbocycles. The minimum Gasteiger partial charge on any atom is -0.347 e. The zero-order chi connectivity index (χ0) is 16.5. The first-order chi connectivity index (χ1) is 11.7. The highest BCUT2D eigenvalue weighted by Crippen LogP contribution is 2.33. The smallest absolute Gasteiger partial charge is 0.228 e. The number of aromatic nitrogens is 3. The molecule has 4 heterocycles. The molecule has 2 saturated heterocycles. The number of hydrogen-bond acceptors (Lipinski definition) is 7. The van der Waals surface area contributed by atoms with Crippen molar-refractivity contribution in [2.75, 3.05) is 24.5 Å². The summed E-state index contributed by atoms with van der Waals surface area (Å²) in [5.74, 6) is 1.44. The van der Waals surface area contributed by atoms with Crippen molar-refractivity contribution in [3.8, 4) is 0 Å². The van der Waals surface area contributed by atoms with Crippen LogP contribution >= 0.6 is 11.3 Å². The largest absolute Gasteiger partial charge is 0.347 e. The van der Waals surface area contributed by atoms with Crippen LogP contribution in [0.25, 0.3) is 0 Å². The predicted octanol–water partition coefficient (Wildman–Crippen LogP) is 2.41. The van der Waals surface area contributed by atoms with E-state index < -0.39 is 0 Å². The molecule has 0 aromatic carbocycles. The molecule has 2 fully saturated rings. The summed E-state index contributed by atoms with van der Waals surface area (Å²) in [6.07, 6.45) is 5.69. The van der Waals surface area contributed by atoms with Gasteiger partial charge in [-0.3, -0.25) is 4.79 Å². The summed E-state index contributed by atoms with van der Waals surface area (Å²) in [7, 11) is 0. The highest BCUT2D eigenvalue weighted by Gasteiger charge is 2.38. The topological polar surface area (TPSA) is 75.4 Å². The second-order valence-corrected chi connectivity index (χ2v) is 7.33. The van der Waals surface area contributed by atoms with Crippen LogP contribution in [0.2, 0.25) is 0 Å². The summed E-state index contributed by atoms with van der Waals surface area (Å²) in [6, 6.07) is -0.0369. The van der Waals surface area contributed by atoms with Gasteiger partial charge in [0.1, 0.15) is 0 Å². The number of carbonyl (C=O) groups is 1. The van der Waals surface area contributed by atoms with E-state index in [2.05, 4.69) is 20.0 Å². The molecular weight excluding hydrogens is 326 g/mol. The number of thiazole rings is 1. The molecule has 4 rings (SSSR count). The van der Waals surface area contributed by atoms with E-state index in [9.17, 15) is 4.79 Å². The molecule has 0 bridgehead atoms. The Labute approximate surface area is 144 Å². The number of likely N-dealkylation sites (tertiary alicyclic amines) is 1. The molecule has 7 nitrogen and oxygen atoms in total. The van der Waals surface area contributed by atoms with E-state index in [4.69, 9.17) is 4.52 Å². The molecule has 2 aromatic heterocycles. The van der Waals surface area contributed by atoms with Crippen LogP contribution in [0.4, 0.5) is 5.13 Å². The Morgan fingerprint density at radius 2 is 2.21 bits per heavy atom. The van der Waals surface area contributed by atoms with Gasteiger partial charge < -0.3 is 14.3 Å². The number of piperidine rings is 1. The quantitative estimate of drug-likeness (QED) is 0.849.